The summed E-state index contributed by atoms with van der Waals surface area (Å²) in [4.78, 5) is 34.0. The van der Waals surface area contributed by atoms with E-state index in [1.54, 1.807) is 18.5 Å². The molecule has 0 aromatic carbocycles. The number of carbonyl (C=O) groups is 1. The van der Waals surface area contributed by atoms with E-state index in [9.17, 15) is 4.79 Å². The number of nitrogen functional groups attached to an aromatic ring is 1. The largest absolute Gasteiger partial charge is 0.474 e. The summed E-state index contributed by atoms with van der Waals surface area (Å²) in [6, 6.07) is 1.95. The van der Waals surface area contributed by atoms with E-state index >= 15 is 0 Å². The summed E-state index contributed by atoms with van der Waals surface area (Å²) in [5, 5.41) is 0. The Balaban J connectivity index is 1.28. The summed E-state index contributed by atoms with van der Waals surface area (Å²) < 4.78 is 17.2. The molecule has 1 amide bonds. The number of rotatable bonds is 6. The van der Waals surface area contributed by atoms with Crippen molar-refractivity contribution in [3.63, 3.8) is 0 Å². The van der Waals surface area contributed by atoms with Gasteiger partial charge in [-0.2, -0.15) is 4.98 Å². The van der Waals surface area contributed by atoms with Gasteiger partial charge in [0.15, 0.2) is 0 Å². The third-order valence-electron chi connectivity index (χ3n) is 6.41. The van der Waals surface area contributed by atoms with Crippen LogP contribution in [0.2, 0.25) is 0 Å². The summed E-state index contributed by atoms with van der Waals surface area (Å²) in [5.74, 6) is 1.36. The molecule has 3 fully saturated rings. The number of anilines is 2. The third kappa shape index (κ3) is 4.83. The number of amides is 1. The zero-order valence-corrected chi connectivity index (χ0v) is 18.7. The third-order valence-corrected chi connectivity index (χ3v) is 6.41. The fourth-order valence-corrected chi connectivity index (χ4v) is 4.30. The van der Waals surface area contributed by atoms with E-state index in [1.165, 1.54) is 0 Å². The minimum atomic E-state index is -0.294. The standard InChI is InChI=1S/C22H29N7O4/c1-28(20(30)18-3-2-6-32-18)15-9-16(10-15)33-19-11-17(14-12-24-21(23)25-13-14)26-22(27-19)29-4-7-31-8-5-29/h11-13,15-16,18H,2-10H2,1H3,(H2,23,24,25)/t15-,16-,18-/m1/s1. The van der Waals surface area contributed by atoms with Crippen molar-refractivity contribution in [2.75, 3.05) is 50.6 Å². The molecule has 0 radical (unpaired) electrons. The van der Waals surface area contributed by atoms with Gasteiger partial charge in [-0.15, -0.1) is 0 Å². The molecule has 2 aromatic rings. The highest BCUT2D eigenvalue weighted by Gasteiger charge is 2.39. The van der Waals surface area contributed by atoms with Crippen LogP contribution < -0.4 is 15.4 Å². The Labute approximate surface area is 192 Å². The molecule has 11 heteroatoms. The van der Waals surface area contributed by atoms with Gasteiger partial charge in [-0.3, -0.25) is 4.79 Å². The van der Waals surface area contributed by atoms with E-state index in [0.29, 0.717) is 50.4 Å². The highest BCUT2D eigenvalue weighted by Crippen LogP contribution is 2.32. The molecule has 2 aromatic heterocycles. The lowest BCUT2D eigenvalue weighted by Crippen LogP contribution is -2.52. The zero-order valence-electron chi connectivity index (χ0n) is 18.7. The van der Waals surface area contributed by atoms with Crippen LogP contribution in [0.1, 0.15) is 25.7 Å². The zero-order chi connectivity index (χ0) is 22.8. The summed E-state index contributed by atoms with van der Waals surface area (Å²) >= 11 is 0. The predicted octanol–water partition coefficient (Wildman–Crippen LogP) is 0.900. The molecule has 33 heavy (non-hydrogen) atoms. The molecule has 11 nitrogen and oxygen atoms in total. The van der Waals surface area contributed by atoms with Crippen molar-refractivity contribution in [2.24, 2.45) is 0 Å². The Morgan fingerprint density at radius 3 is 2.64 bits per heavy atom. The molecule has 1 aliphatic carbocycles. The van der Waals surface area contributed by atoms with Crippen LogP contribution in [0, 0.1) is 0 Å². The van der Waals surface area contributed by atoms with Gasteiger partial charge in [-0.05, 0) is 12.8 Å². The first-order chi connectivity index (χ1) is 16.1. The first kappa shape index (κ1) is 21.8. The predicted molar refractivity (Wildman–Crippen MR) is 120 cm³/mol. The SMILES string of the molecule is CN(C(=O)[C@H]1CCCO1)[C@H]1C[C@H](Oc2cc(-c3cnc(N)nc3)nc(N3CCOCC3)n2)C1. The molecule has 4 heterocycles. The number of nitrogens with two attached hydrogens (primary N) is 1. The molecule has 2 N–H and O–H groups in total. The molecule has 5 rings (SSSR count). The van der Waals surface area contributed by atoms with Crippen LogP contribution in [0.3, 0.4) is 0 Å². The molecule has 0 unspecified atom stereocenters. The van der Waals surface area contributed by atoms with Crippen LogP contribution in [0.4, 0.5) is 11.9 Å². The Morgan fingerprint density at radius 2 is 1.94 bits per heavy atom. The maximum Gasteiger partial charge on any atom is 0.251 e. The van der Waals surface area contributed by atoms with Crippen LogP contribution in [-0.2, 0) is 14.3 Å². The summed E-state index contributed by atoms with van der Waals surface area (Å²) in [7, 11) is 1.85. The van der Waals surface area contributed by atoms with E-state index < -0.39 is 0 Å². The quantitative estimate of drug-likeness (QED) is 0.671. The number of aromatic nitrogens is 4. The minimum absolute atomic E-state index is 0.0160. The Bertz CT molecular complexity index is 971. The van der Waals surface area contributed by atoms with Crippen molar-refractivity contribution in [3.8, 4) is 17.1 Å². The van der Waals surface area contributed by atoms with Gasteiger partial charge in [-0.1, -0.05) is 0 Å². The number of hydrogen-bond donors (Lipinski definition) is 1. The molecule has 0 spiro atoms. The number of likely N-dealkylation sites (N-methyl/N-ethyl adjacent to an activating group) is 1. The normalized spacial score (nSPS) is 24.9. The summed E-state index contributed by atoms with van der Waals surface area (Å²) in [6.45, 7) is 3.35. The highest BCUT2D eigenvalue weighted by atomic mass is 16.5. The fraction of sp³-hybridized carbons (Fsp3) is 0.591. The molecule has 0 bridgehead atoms. The van der Waals surface area contributed by atoms with Gasteiger partial charge in [0, 0.05) is 69.7 Å². The van der Waals surface area contributed by atoms with E-state index in [-0.39, 0.29) is 30.1 Å². The van der Waals surface area contributed by atoms with Gasteiger partial charge in [0.2, 0.25) is 17.8 Å². The molecule has 2 aliphatic heterocycles. The second-order valence-electron chi connectivity index (χ2n) is 8.64. The molecule has 1 atom stereocenters. The van der Waals surface area contributed by atoms with Gasteiger partial charge in [-0.25, -0.2) is 15.0 Å². The molecular formula is C22H29N7O4. The molecule has 3 aliphatic rings. The Hall–Kier alpha value is -3.05. The van der Waals surface area contributed by atoms with E-state index in [4.69, 9.17) is 24.9 Å². The fourth-order valence-electron chi connectivity index (χ4n) is 4.30. The Kier molecular flexibility index (Phi) is 6.23. The van der Waals surface area contributed by atoms with Gasteiger partial charge < -0.3 is 29.7 Å². The van der Waals surface area contributed by atoms with Crippen molar-refractivity contribution in [2.45, 2.75) is 43.9 Å². The van der Waals surface area contributed by atoms with Gasteiger partial charge in [0.05, 0.1) is 18.9 Å². The van der Waals surface area contributed by atoms with E-state index in [1.807, 2.05) is 11.9 Å². The first-order valence-corrected chi connectivity index (χ1v) is 11.4. The van der Waals surface area contributed by atoms with E-state index in [2.05, 4.69) is 19.9 Å². The smallest absolute Gasteiger partial charge is 0.251 e. The molecule has 2 saturated heterocycles. The first-order valence-electron chi connectivity index (χ1n) is 11.4. The monoisotopic (exact) mass is 455 g/mol. The van der Waals surface area contributed by atoms with Crippen molar-refractivity contribution >= 4 is 17.8 Å². The Morgan fingerprint density at radius 1 is 1.18 bits per heavy atom. The number of ether oxygens (including phenoxy) is 3. The van der Waals surface area contributed by atoms with Crippen molar-refractivity contribution in [1.82, 2.24) is 24.8 Å². The van der Waals surface area contributed by atoms with E-state index in [0.717, 1.165) is 31.2 Å². The van der Waals surface area contributed by atoms with Crippen LogP contribution in [-0.4, -0.2) is 89.0 Å². The van der Waals surface area contributed by atoms with Crippen LogP contribution >= 0.6 is 0 Å². The molecule has 176 valence electrons. The lowest BCUT2D eigenvalue weighted by Gasteiger charge is -2.41. The lowest BCUT2D eigenvalue weighted by atomic mass is 9.87. The van der Waals surface area contributed by atoms with Crippen molar-refractivity contribution in [1.29, 1.82) is 0 Å². The van der Waals surface area contributed by atoms with Crippen LogP contribution in [0.25, 0.3) is 11.3 Å². The van der Waals surface area contributed by atoms with Crippen LogP contribution in [0.15, 0.2) is 18.5 Å². The number of morpholine rings is 1. The average Bonchev–Trinajstić information content (AvgIpc) is 3.36. The molecule has 1 saturated carbocycles. The molecular weight excluding hydrogens is 426 g/mol. The lowest BCUT2D eigenvalue weighted by molar-refractivity contribution is -0.145. The highest BCUT2D eigenvalue weighted by molar-refractivity contribution is 5.81. The van der Waals surface area contributed by atoms with Gasteiger partial charge in [0.25, 0.3) is 5.91 Å². The van der Waals surface area contributed by atoms with Crippen molar-refractivity contribution in [3.05, 3.63) is 18.5 Å². The number of hydrogen-bond acceptors (Lipinski definition) is 10. The second kappa shape index (κ2) is 9.44. The maximum absolute atomic E-state index is 12.6. The number of carbonyl (C=O) groups excluding carboxylic acids is 1. The minimum Gasteiger partial charge on any atom is -0.474 e. The van der Waals surface area contributed by atoms with Gasteiger partial charge in [0.1, 0.15) is 12.2 Å². The van der Waals surface area contributed by atoms with Crippen molar-refractivity contribution < 1.29 is 19.0 Å². The topological polar surface area (TPSA) is 129 Å². The van der Waals surface area contributed by atoms with Gasteiger partial charge >= 0.3 is 0 Å². The average molecular weight is 456 g/mol. The summed E-state index contributed by atoms with van der Waals surface area (Å²) in [6.07, 6.45) is 6.24. The second-order valence-corrected chi connectivity index (χ2v) is 8.64. The maximum atomic E-state index is 12.6. The van der Waals surface area contributed by atoms with Crippen LogP contribution in [0.5, 0.6) is 5.88 Å². The summed E-state index contributed by atoms with van der Waals surface area (Å²) in [5.41, 5.74) is 7.04. The number of nitrogens with zero attached hydrogens (tertiary/aromatic N) is 6.